The molecule has 1 aromatic rings. The largest absolute Gasteiger partial charge is 0.454 e. The summed E-state index contributed by atoms with van der Waals surface area (Å²) in [4.78, 5) is 2.43. The van der Waals surface area contributed by atoms with Crippen LogP contribution in [0.4, 0.5) is 0 Å². The number of benzene rings is 1. The smallest absolute Gasteiger partial charge is 0.231 e. The lowest BCUT2D eigenvalue weighted by Gasteiger charge is -2.30. The van der Waals surface area contributed by atoms with Crippen LogP contribution in [0.15, 0.2) is 18.2 Å². The summed E-state index contributed by atoms with van der Waals surface area (Å²) in [7, 11) is 2.22. The van der Waals surface area contributed by atoms with Gasteiger partial charge in [-0.2, -0.15) is 0 Å². The molecule has 0 spiro atoms. The predicted molar refractivity (Wildman–Crippen MR) is 79.2 cm³/mol. The van der Waals surface area contributed by atoms with Gasteiger partial charge in [-0.3, -0.25) is 0 Å². The zero-order valence-electron chi connectivity index (χ0n) is 12.4. The molecule has 1 aromatic carbocycles. The topological polar surface area (TPSA) is 33.7 Å². The summed E-state index contributed by atoms with van der Waals surface area (Å²) >= 11 is 0. The molecule has 0 aromatic heterocycles. The van der Waals surface area contributed by atoms with Crippen molar-refractivity contribution in [2.24, 2.45) is 5.92 Å². The Morgan fingerprint density at radius 1 is 1.35 bits per heavy atom. The van der Waals surface area contributed by atoms with Crippen molar-refractivity contribution in [3.63, 3.8) is 0 Å². The lowest BCUT2D eigenvalue weighted by Crippen LogP contribution is -2.37. The Balaban J connectivity index is 1.55. The second kappa shape index (κ2) is 6.02. The van der Waals surface area contributed by atoms with Gasteiger partial charge in [0.2, 0.25) is 6.79 Å². The van der Waals surface area contributed by atoms with E-state index >= 15 is 0 Å². The maximum Gasteiger partial charge on any atom is 0.231 e. The minimum atomic E-state index is 0.342. The summed E-state index contributed by atoms with van der Waals surface area (Å²) in [5, 5.41) is 3.66. The van der Waals surface area contributed by atoms with Gasteiger partial charge in [0, 0.05) is 12.6 Å². The van der Waals surface area contributed by atoms with E-state index in [-0.39, 0.29) is 0 Å². The third kappa shape index (κ3) is 3.07. The van der Waals surface area contributed by atoms with Crippen molar-refractivity contribution in [1.82, 2.24) is 10.2 Å². The van der Waals surface area contributed by atoms with Gasteiger partial charge in [0.15, 0.2) is 11.5 Å². The summed E-state index contributed by atoms with van der Waals surface area (Å²) < 4.78 is 10.8. The third-order valence-electron chi connectivity index (χ3n) is 4.33. The summed E-state index contributed by atoms with van der Waals surface area (Å²) in [5.74, 6) is 2.49. The minimum absolute atomic E-state index is 0.342. The highest BCUT2D eigenvalue weighted by atomic mass is 16.7. The van der Waals surface area contributed by atoms with E-state index in [1.807, 2.05) is 6.07 Å². The molecule has 1 fully saturated rings. The quantitative estimate of drug-likeness (QED) is 0.915. The fourth-order valence-corrected chi connectivity index (χ4v) is 3.08. The molecule has 2 unspecified atom stereocenters. The molecule has 0 saturated carbocycles. The first kappa shape index (κ1) is 13.7. The molecule has 0 bridgehead atoms. The predicted octanol–water partition coefficient (Wildman–Crippen LogP) is 2.41. The molecule has 4 heteroatoms. The van der Waals surface area contributed by atoms with Crippen LogP contribution in [0.25, 0.3) is 0 Å². The Kier molecular flexibility index (Phi) is 4.13. The molecule has 0 radical (unpaired) electrons. The van der Waals surface area contributed by atoms with Crippen molar-refractivity contribution in [3.05, 3.63) is 23.8 Å². The van der Waals surface area contributed by atoms with E-state index in [1.54, 1.807) is 0 Å². The van der Waals surface area contributed by atoms with Gasteiger partial charge < -0.3 is 19.7 Å². The lowest BCUT2D eigenvalue weighted by molar-refractivity contribution is 0.174. The number of hydrogen-bond acceptors (Lipinski definition) is 4. The molecule has 20 heavy (non-hydrogen) atoms. The van der Waals surface area contributed by atoms with Crippen molar-refractivity contribution >= 4 is 0 Å². The van der Waals surface area contributed by atoms with Gasteiger partial charge >= 0.3 is 0 Å². The van der Waals surface area contributed by atoms with Crippen LogP contribution in [-0.4, -0.2) is 38.4 Å². The first-order valence-corrected chi connectivity index (χ1v) is 7.54. The zero-order chi connectivity index (χ0) is 13.9. The maximum absolute atomic E-state index is 5.44. The van der Waals surface area contributed by atoms with Crippen LogP contribution < -0.4 is 14.8 Å². The summed E-state index contributed by atoms with van der Waals surface area (Å²) in [6.45, 7) is 6.09. The number of nitrogens with zero attached hydrogens (tertiary/aromatic N) is 1. The first-order valence-electron chi connectivity index (χ1n) is 7.54. The molecule has 3 rings (SSSR count). The average molecular weight is 276 g/mol. The normalized spacial score (nSPS) is 23.8. The summed E-state index contributed by atoms with van der Waals surface area (Å²) in [6.07, 6.45) is 2.66. The number of nitrogens with one attached hydrogen (secondary N) is 1. The van der Waals surface area contributed by atoms with Crippen molar-refractivity contribution in [2.45, 2.75) is 25.8 Å². The molecular weight excluding hydrogens is 252 g/mol. The molecule has 0 amide bonds. The van der Waals surface area contributed by atoms with Crippen molar-refractivity contribution in [2.75, 3.05) is 33.5 Å². The number of fused-ring (bicyclic) bond motifs is 1. The molecule has 0 aliphatic carbocycles. The lowest BCUT2D eigenvalue weighted by atomic mass is 9.97. The van der Waals surface area contributed by atoms with Gasteiger partial charge in [-0.1, -0.05) is 6.07 Å². The van der Waals surface area contributed by atoms with Crippen molar-refractivity contribution in [1.29, 1.82) is 0 Å². The Morgan fingerprint density at radius 3 is 3.05 bits per heavy atom. The van der Waals surface area contributed by atoms with Crippen molar-refractivity contribution < 1.29 is 9.47 Å². The van der Waals surface area contributed by atoms with Crippen LogP contribution in [0.2, 0.25) is 0 Å². The van der Waals surface area contributed by atoms with E-state index in [9.17, 15) is 0 Å². The van der Waals surface area contributed by atoms with E-state index in [0.717, 1.165) is 24.0 Å². The van der Waals surface area contributed by atoms with Crippen LogP contribution >= 0.6 is 0 Å². The van der Waals surface area contributed by atoms with Crippen LogP contribution in [0.3, 0.4) is 0 Å². The Hall–Kier alpha value is -1.26. The molecule has 1 N–H and O–H groups in total. The van der Waals surface area contributed by atoms with Gasteiger partial charge in [0.25, 0.3) is 0 Å². The molecule has 2 atom stereocenters. The van der Waals surface area contributed by atoms with Gasteiger partial charge in [-0.15, -0.1) is 0 Å². The molecule has 2 aliphatic heterocycles. The average Bonchev–Trinajstić information content (AvgIpc) is 2.92. The molecule has 1 saturated heterocycles. The van der Waals surface area contributed by atoms with E-state index < -0.39 is 0 Å². The maximum atomic E-state index is 5.44. The van der Waals surface area contributed by atoms with Crippen LogP contribution in [0, 0.1) is 5.92 Å². The number of rotatable bonds is 4. The SMILES string of the molecule is CC(NCC1CCCN(C)C1)c1ccc2c(c1)OCO2. The molecule has 4 nitrogen and oxygen atoms in total. The van der Waals surface area contributed by atoms with E-state index in [2.05, 4.69) is 36.3 Å². The van der Waals surface area contributed by atoms with Gasteiger partial charge in [0.05, 0.1) is 0 Å². The second-order valence-electron chi connectivity index (χ2n) is 6.01. The second-order valence-corrected chi connectivity index (χ2v) is 6.01. The number of hydrogen-bond donors (Lipinski definition) is 1. The number of ether oxygens (including phenoxy) is 2. The molecular formula is C16H24N2O2. The Labute approximate surface area is 121 Å². The van der Waals surface area contributed by atoms with Crippen LogP contribution in [0.5, 0.6) is 11.5 Å². The zero-order valence-corrected chi connectivity index (χ0v) is 12.4. The highest BCUT2D eigenvalue weighted by Crippen LogP contribution is 2.34. The molecule has 110 valence electrons. The molecule has 2 heterocycles. The fraction of sp³-hybridized carbons (Fsp3) is 0.625. The Bertz CT molecular complexity index is 464. The van der Waals surface area contributed by atoms with Gasteiger partial charge in [-0.05, 0) is 63.5 Å². The number of likely N-dealkylation sites (tertiary alicyclic amines) is 1. The molecule has 2 aliphatic rings. The summed E-state index contributed by atoms with van der Waals surface area (Å²) in [6, 6.07) is 6.56. The van der Waals surface area contributed by atoms with Crippen LogP contribution in [-0.2, 0) is 0 Å². The third-order valence-corrected chi connectivity index (χ3v) is 4.33. The van der Waals surface area contributed by atoms with Crippen LogP contribution in [0.1, 0.15) is 31.4 Å². The van der Waals surface area contributed by atoms with E-state index in [0.29, 0.717) is 12.8 Å². The Morgan fingerprint density at radius 2 is 2.20 bits per heavy atom. The highest BCUT2D eigenvalue weighted by molar-refractivity contribution is 5.45. The fourth-order valence-electron chi connectivity index (χ4n) is 3.08. The van der Waals surface area contributed by atoms with E-state index in [1.165, 1.54) is 31.5 Å². The van der Waals surface area contributed by atoms with Crippen molar-refractivity contribution in [3.8, 4) is 11.5 Å². The standard InChI is InChI=1S/C16H24N2O2/c1-12(17-9-13-4-3-7-18(2)10-13)14-5-6-15-16(8-14)20-11-19-15/h5-6,8,12-13,17H,3-4,7,9-11H2,1-2H3. The van der Waals surface area contributed by atoms with Gasteiger partial charge in [-0.25, -0.2) is 0 Å². The van der Waals surface area contributed by atoms with E-state index in [4.69, 9.17) is 9.47 Å². The number of piperidine rings is 1. The highest BCUT2D eigenvalue weighted by Gasteiger charge is 2.19. The van der Waals surface area contributed by atoms with Gasteiger partial charge in [0.1, 0.15) is 0 Å². The summed E-state index contributed by atoms with van der Waals surface area (Å²) in [5.41, 5.74) is 1.26. The monoisotopic (exact) mass is 276 g/mol. The first-order chi connectivity index (χ1) is 9.72. The minimum Gasteiger partial charge on any atom is -0.454 e.